The van der Waals surface area contributed by atoms with Crippen LogP contribution >= 0.6 is 0 Å². The fraction of sp³-hybridized carbons (Fsp3) is 0.818. The lowest BCUT2D eigenvalue weighted by molar-refractivity contribution is -0.125. The summed E-state index contributed by atoms with van der Waals surface area (Å²) in [6.07, 6.45) is 1.22. The van der Waals surface area contributed by atoms with E-state index < -0.39 is 5.91 Å². The summed E-state index contributed by atoms with van der Waals surface area (Å²) in [4.78, 5) is 21.3. The van der Waals surface area contributed by atoms with E-state index in [9.17, 15) is 9.59 Å². The number of nitrogens with one attached hydrogen (secondary N) is 1. The lowest BCUT2D eigenvalue weighted by atomic mass is 10.3. The number of carbonyl (C=O) groups excluding carboxylic acids is 2. The van der Waals surface area contributed by atoms with E-state index >= 15 is 0 Å². The summed E-state index contributed by atoms with van der Waals surface area (Å²) in [7, 11) is 0. The fourth-order valence-electron chi connectivity index (χ4n) is 0.834. The highest BCUT2D eigenvalue weighted by molar-refractivity contribution is 5.82. The number of amides is 2. The van der Waals surface area contributed by atoms with Gasteiger partial charge in [-0.05, 0) is 6.42 Å². The molecule has 5 nitrogen and oxygen atoms in total. The van der Waals surface area contributed by atoms with Gasteiger partial charge < -0.3 is 15.8 Å². The number of primary amides is 1. The second-order valence-electron chi connectivity index (χ2n) is 2.93. The van der Waals surface area contributed by atoms with Crippen molar-refractivity contribution in [2.45, 2.75) is 40.0 Å². The van der Waals surface area contributed by atoms with Crippen LogP contribution in [-0.2, 0) is 14.3 Å². The average Bonchev–Trinajstić information content (AvgIpc) is 2.29. The van der Waals surface area contributed by atoms with Crippen LogP contribution in [0.4, 0.5) is 0 Å². The molecule has 0 saturated heterocycles. The zero-order valence-electron chi connectivity index (χ0n) is 10.5. The molecule has 0 atom stereocenters. The summed E-state index contributed by atoms with van der Waals surface area (Å²) >= 11 is 0. The van der Waals surface area contributed by atoms with Crippen molar-refractivity contribution in [2.75, 3.05) is 19.8 Å². The molecule has 0 aliphatic rings. The summed E-state index contributed by atoms with van der Waals surface area (Å²) in [5.41, 5.74) is 4.89. The van der Waals surface area contributed by atoms with E-state index in [2.05, 4.69) is 5.32 Å². The Morgan fingerprint density at radius 3 is 2.31 bits per heavy atom. The normalized spacial score (nSPS) is 8.94. The van der Waals surface area contributed by atoms with Crippen molar-refractivity contribution >= 4 is 11.8 Å². The van der Waals surface area contributed by atoms with E-state index in [0.717, 1.165) is 6.42 Å². The lowest BCUT2D eigenvalue weighted by Gasteiger charge is -2.04. The highest BCUT2D eigenvalue weighted by atomic mass is 16.5. The van der Waals surface area contributed by atoms with Gasteiger partial charge in [0.15, 0.2) is 0 Å². The van der Waals surface area contributed by atoms with Gasteiger partial charge >= 0.3 is 0 Å². The first kappa shape index (κ1) is 17.3. The molecule has 16 heavy (non-hydrogen) atoms. The smallest absolute Gasteiger partial charge is 0.220 e. The molecule has 0 aromatic carbocycles. The Morgan fingerprint density at radius 1 is 1.19 bits per heavy atom. The third kappa shape index (κ3) is 15.4. The molecule has 0 fully saturated rings. The van der Waals surface area contributed by atoms with Gasteiger partial charge in [0.2, 0.25) is 11.8 Å². The molecule has 0 heterocycles. The Morgan fingerprint density at radius 2 is 1.81 bits per heavy atom. The van der Waals surface area contributed by atoms with E-state index in [1.807, 2.05) is 20.8 Å². The Kier molecular flexibility index (Phi) is 15.0. The molecule has 3 N–H and O–H groups in total. The molecular formula is C11H24N2O3. The number of hydrogen-bond acceptors (Lipinski definition) is 3. The van der Waals surface area contributed by atoms with E-state index in [1.165, 1.54) is 0 Å². The fourth-order valence-corrected chi connectivity index (χ4v) is 0.834. The number of hydrogen-bond donors (Lipinski definition) is 2. The first-order chi connectivity index (χ1) is 7.66. The number of carbonyl (C=O) groups is 2. The topological polar surface area (TPSA) is 81.4 Å². The third-order valence-corrected chi connectivity index (χ3v) is 1.52. The minimum Gasteiger partial charge on any atom is -0.380 e. The predicted octanol–water partition coefficient (Wildman–Crippen LogP) is 0.821. The summed E-state index contributed by atoms with van der Waals surface area (Å²) < 4.78 is 5.15. The maximum atomic E-state index is 11.0. The van der Waals surface area contributed by atoms with Crippen LogP contribution in [-0.4, -0.2) is 31.6 Å². The first-order valence-corrected chi connectivity index (χ1v) is 5.79. The van der Waals surface area contributed by atoms with Crippen LogP contribution in [0.1, 0.15) is 40.0 Å². The molecular weight excluding hydrogens is 208 g/mol. The molecule has 0 saturated carbocycles. The third-order valence-electron chi connectivity index (χ3n) is 1.52. The second kappa shape index (κ2) is 13.9. The van der Waals surface area contributed by atoms with E-state index in [1.54, 1.807) is 0 Å². The van der Waals surface area contributed by atoms with Crippen LogP contribution in [0, 0.1) is 0 Å². The van der Waals surface area contributed by atoms with Crippen molar-refractivity contribution in [2.24, 2.45) is 5.73 Å². The molecule has 0 aliphatic carbocycles. The highest BCUT2D eigenvalue weighted by Gasteiger charge is 2.02. The van der Waals surface area contributed by atoms with Gasteiger partial charge in [0.05, 0.1) is 6.61 Å². The Hall–Kier alpha value is -1.10. The summed E-state index contributed by atoms with van der Waals surface area (Å²) in [6.45, 7) is 7.72. The Balaban J connectivity index is 0. The minimum atomic E-state index is -0.456. The van der Waals surface area contributed by atoms with Crippen molar-refractivity contribution in [3.8, 4) is 0 Å². The number of ether oxygens (including phenoxy) is 1. The van der Waals surface area contributed by atoms with Gasteiger partial charge in [-0.2, -0.15) is 0 Å². The predicted molar refractivity (Wildman–Crippen MR) is 63.9 cm³/mol. The van der Waals surface area contributed by atoms with Crippen molar-refractivity contribution in [1.29, 1.82) is 0 Å². The largest absolute Gasteiger partial charge is 0.380 e. The Bertz CT molecular complexity index is 184. The van der Waals surface area contributed by atoms with E-state index in [0.29, 0.717) is 19.8 Å². The van der Waals surface area contributed by atoms with Crippen LogP contribution in [0.25, 0.3) is 0 Å². The van der Waals surface area contributed by atoms with Crippen LogP contribution < -0.4 is 11.1 Å². The van der Waals surface area contributed by atoms with Gasteiger partial charge in [-0.15, -0.1) is 0 Å². The molecule has 0 radical (unpaired) electrons. The summed E-state index contributed by atoms with van der Waals surface area (Å²) in [6, 6.07) is 0. The maximum Gasteiger partial charge on any atom is 0.220 e. The summed E-state index contributed by atoms with van der Waals surface area (Å²) in [5, 5.41) is 2.63. The molecule has 0 unspecified atom stereocenters. The van der Waals surface area contributed by atoms with Crippen LogP contribution in [0.5, 0.6) is 0 Å². The van der Waals surface area contributed by atoms with Gasteiger partial charge in [-0.3, -0.25) is 9.59 Å². The summed E-state index contributed by atoms with van der Waals surface area (Å²) in [5.74, 6) is -0.619. The number of nitrogens with two attached hydrogens (primary N) is 1. The Labute approximate surface area is 97.7 Å². The van der Waals surface area contributed by atoms with Gasteiger partial charge in [0.25, 0.3) is 0 Å². The molecule has 96 valence electrons. The molecule has 0 rings (SSSR count). The zero-order chi connectivity index (χ0) is 12.8. The molecule has 0 bridgehead atoms. The van der Waals surface area contributed by atoms with Gasteiger partial charge in [0.1, 0.15) is 0 Å². The van der Waals surface area contributed by atoms with Crippen molar-refractivity contribution in [3.63, 3.8) is 0 Å². The second-order valence-corrected chi connectivity index (χ2v) is 2.93. The maximum absolute atomic E-state index is 11.0. The molecule has 2 amide bonds. The zero-order valence-corrected chi connectivity index (χ0v) is 10.5. The standard InChI is InChI=1S/C9H18N2O3.C2H6/c1-2-6-14-7-5-11-9(13)4-3-8(10)12;1-2/h2-7H2,1H3,(H2,10,12)(H,11,13);1-2H3. The lowest BCUT2D eigenvalue weighted by Crippen LogP contribution is -2.28. The monoisotopic (exact) mass is 232 g/mol. The molecule has 0 aliphatic heterocycles. The van der Waals surface area contributed by atoms with E-state index in [4.69, 9.17) is 10.5 Å². The quantitative estimate of drug-likeness (QED) is 0.608. The van der Waals surface area contributed by atoms with Crippen LogP contribution in [0.3, 0.4) is 0 Å². The first-order valence-electron chi connectivity index (χ1n) is 5.79. The molecule has 5 heteroatoms. The molecule has 0 spiro atoms. The molecule has 0 aromatic rings. The van der Waals surface area contributed by atoms with Gasteiger partial charge in [-0.25, -0.2) is 0 Å². The minimum absolute atomic E-state index is 0.0989. The van der Waals surface area contributed by atoms with Crippen molar-refractivity contribution in [1.82, 2.24) is 5.32 Å². The average molecular weight is 232 g/mol. The van der Waals surface area contributed by atoms with Gasteiger partial charge in [0, 0.05) is 26.0 Å². The SMILES string of the molecule is CC.CCCOCCNC(=O)CCC(N)=O. The highest BCUT2D eigenvalue weighted by Crippen LogP contribution is 1.86. The van der Waals surface area contributed by atoms with Gasteiger partial charge in [-0.1, -0.05) is 20.8 Å². The van der Waals surface area contributed by atoms with E-state index in [-0.39, 0.29) is 18.7 Å². The van der Waals surface area contributed by atoms with Crippen molar-refractivity contribution < 1.29 is 14.3 Å². The number of rotatable bonds is 8. The van der Waals surface area contributed by atoms with Crippen LogP contribution in [0.15, 0.2) is 0 Å². The molecule has 0 aromatic heterocycles. The van der Waals surface area contributed by atoms with Crippen molar-refractivity contribution in [3.05, 3.63) is 0 Å². The van der Waals surface area contributed by atoms with Crippen LogP contribution in [0.2, 0.25) is 0 Å².